The van der Waals surface area contributed by atoms with Gasteiger partial charge in [0.15, 0.2) is 5.78 Å². The Bertz CT molecular complexity index is 1070. The van der Waals surface area contributed by atoms with E-state index >= 15 is 0 Å². The molecular weight excluding hydrogens is 490 g/mol. The van der Waals surface area contributed by atoms with Gasteiger partial charge in [-0.05, 0) is 61.7 Å². The molecule has 31 heavy (non-hydrogen) atoms. The molecular formula is C21H25BrClN3O5. The molecule has 1 saturated heterocycles. The highest BCUT2D eigenvalue weighted by Crippen LogP contribution is 2.26. The fourth-order valence-corrected chi connectivity index (χ4v) is 4.08. The number of fused-ring (bicyclic) bond motifs is 1. The SMILES string of the molecule is CC(C)(C)OC(=O)N1CCC[C@@H](O)[C@@H]1CC(=O)Cn1cnc2cc(Br)c(Cl)cc2c1=O. The van der Waals surface area contributed by atoms with Crippen LogP contribution in [-0.2, 0) is 16.1 Å². The molecule has 1 aromatic heterocycles. The van der Waals surface area contributed by atoms with Crippen LogP contribution in [0.15, 0.2) is 27.7 Å². The highest BCUT2D eigenvalue weighted by atomic mass is 79.9. The lowest BCUT2D eigenvalue weighted by atomic mass is 9.95. The smallest absolute Gasteiger partial charge is 0.410 e. The van der Waals surface area contributed by atoms with E-state index in [0.717, 1.165) is 0 Å². The number of carbonyl (C=O) groups excluding carboxylic acids is 2. The number of ether oxygens (including phenoxy) is 1. The molecule has 1 aliphatic rings. The summed E-state index contributed by atoms with van der Waals surface area (Å²) in [5.74, 6) is -0.300. The maximum absolute atomic E-state index is 12.8. The Kier molecular flexibility index (Phi) is 7.08. The summed E-state index contributed by atoms with van der Waals surface area (Å²) in [6, 6.07) is 2.44. The summed E-state index contributed by atoms with van der Waals surface area (Å²) in [5.41, 5.74) is -0.612. The Morgan fingerprint density at radius 3 is 2.74 bits per heavy atom. The molecule has 1 aliphatic heterocycles. The van der Waals surface area contributed by atoms with Gasteiger partial charge in [-0.2, -0.15) is 0 Å². The normalized spacial score (nSPS) is 19.5. The van der Waals surface area contributed by atoms with Crippen LogP contribution in [0.2, 0.25) is 5.02 Å². The molecule has 2 aromatic rings. The molecule has 0 bridgehead atoms. The first kappa shape index (κ1) is 23.7. The van der Waals surface area contributed by atoms with Crippen molar-refractivity contribution in [3.8, 4) is 0 Å². The number of amides is 1. The number of Topliss-reactive ketones (excluding diaryl/α,β-unsaturated/α-hetero) is 1. The van der Waals surface area contributed by atoms with Crippen molar-refractivity contribution in [3.05, 3.63) is 38.3 Å². The number of carbonyl (C=O) groups is 2. The number of hydrogen-bond donors (Lipinski definition) is 1. The molecule has 0 radical (unpaired) electrons. The minimum Gasteiger partial charge on any atom is -0.444 e. The van der Waals surface area contributed by atoms with Crippen molar-refractivity contribution >= 4 is 50.3 Å². The number of aromatic nitrogens is 2. The van der Waals surface area contributed by atoms with Gasteiger partial charge < -0.3 is 14.7 Å². The Labute approximate surface area is 193 Å². The standard InChI is InChI=1S/C21H25BrClN3O5/c1-21(2,3)31-20(30)26-6-4-5-18(28)17(26)7-12(27)10-25-11-24-16-9-14(22)15(23)8-13(16)19(25)29/h8-9,11,17-18,28H,4-7,10H2,1-3H3/t17-,18+/m0/s1. The summed E-state index contributed by atoms with van der Waals surface area (Å²) in [4.78, 5) is 43.8. The van der Waals surface area contributed by atoms with Gasteiger partial charge in [-0.1, -0.05) is 11.6 Å². The zero-order chi connectivity index (χ0) is 22.9. The maximum atomic E-state index is 12.8. The monoisotopic (exact) mass is 513 g/mol. The number of piperidine rings is 1. The minimum absolute atomic E-state index is 0.0913. The van der Waals surface area contributed by atoms with Crippen LogP contribution in [0.4, 0.5) is 4.79 Å². The topological polar surface area (TPSA) is 102 Å². The number of rotatable bonds is 4. The van der Waals surface area contributed by atoms with Gasteiger partial charge in [0.25, 0.3) is 5.56 Å². The van der Waals surface area contributed by atoms with Gasteiger partial charge in [-0.25, -0.2) is 9.78 Å². The number of aliphatic hydroxyl groups is 1. The number of hydrogen-bond acceptors (Lipinski definition) is 6. The second-order valence-corrected chi connectivity index (χ2v) is 9.92. The predicted octanol–water partition coefficient (Wildman–Crippen LogP) is 3.53. The van der Waals surface area contributed by atoms with Crippen LogP contribution in [0.3, 0.4) is 0 Å². The summed E-state index contributed by atoms with van der Waals surface area (Å²) in [6.07, 6.45) is 0.928. The van der Waals surface area contributed by atoms with Gasteiger partial charge in [0.2, 0.25) is 0 Å². The third kappa shape index (κ3) is 5.64. The summed E-state index contributed by atoms with van der Waals surface area (Å²) < 4.78 is 7.26. The van der Waals surface area contributed by atoms with Crippen LogP contribution in [0.5, 0.6) is 0 Å². The van der Waals surface area contributed by atoms with Crippen molar-refractivity contribution in [2.75, 3.05) is 6.54 Å². The number of ketones is 1. The molecule has 8 nitrogen and oxygen atoms in total. The molecule has 2 heterocycles. The molecule has 1 amide bonds. The lowest BCUT2D eigenvalue weighted by Gasteiger charge is -2.39. The first-order chi connectivity index (χ1) is 14.5. The molecule has 2 atom stereocenters. The van der Waals surface area contributed by atoms with Crippen molar-refractivity contribution in [1.29, 1.82) is 0 Å². The zero-order valence-corrected chi connectivity index (χ0v) is 19.9. The Balaban J connectivity index is 1.78. The Morgan fingerprint density at radius 1 is 1.35 bits per heavy atom. The van der Waals surface area contributed by atoms with Crippen LogP contribution in [0, 0.1) is 0 Å². The van der Waals surface area contributed by atoms with Crippen molar-refractivity contribution < 1.29 is 19.4 Å². The molecule has 1 N–H and O–H groups in total. The first-order valence-corrected chi connectivity index (χ1v) is 11.2. The summed E-state index contributed by atoms with van der Waals surface area (Å²) in [7, 11) is 0. The highest BCUT2D eigenvalue weighted by Gasteiger charge is 2.37. The van der Waals surface area contributed by atoms with Gasteiger partial charge in [-0.15, -0.1) is 0 Å². The fourth-order valence-electron chi connectivity index (χ4n) is 3.58. The predicted molar refractivity (Wildman–Crippen MR) is 120 cm³/mol. The lowest BCUT2D eigenvalue weighted by Crippen LogP contribution is -2.53. The van der Waals surface area contributed by atoms with Crippen molar-refractivity contribution in [1.82, 2.24) is 14.5 Å². The number of benzene rings is 1. The molecule has 1 aromatic carbocycles. The average Bonchev–Trinajstić information content (AvgIpc) is 2.66. The van der Waals surface area contributed by atoms with Crippen LogP contribution >= 0.6 is 27.5 Å². The van der Waals surface area contributed by atoms with Crippen LogP contribution in [0.25, 0.3) is 10.9 Å². The molecule has 0 unspecified atom stereocenters. The Hall–Kier alpha value is -1.97. The molecule has 1 fully saturated rings. The number of likely N-dealkylation sites (tertiary alicyclic amines) is 1. The third-order valence-electron chi connectivity index (χ3n) is 5.02. The van der Waals surface area contributed by atoms with E-state index in [9.17, 15) is 19.5 Å². The molecule has 0 saturated carbocycles. The van der Waals surface area contributed by atoms with Gasteiger partial charge >= 0.3 is 6.09 Å². The summed E-state index contributed by atoms with van der Waals surface area (Å²) >= 11 is 9.38. The third-order valence-corrected chi connectivity index (χ3v) is 6.22. The number of nitrogens with zero attached hydrogens (tertiary/aromatic N) is 3. The average molecular weight is 515 g/mol. The van der Waals surface area contributed by atoms with Crippen LogP contribution < -0.4 is 5.56 Å². The van der Waals surface area contributed by atoms with Crippen LogP contribution in [-0.4, -0.2) is 55.7 Å². The van der Waals surface area contributed by atoms with Crippen molar-refractivity contribution in [2.45, 2.75) is 64.3 Å². The molecule has 168 valence electrons. The van der Waals surface area contributed by atoms with Gasteiger partial charge in [0.1, 0.15) is 5.60 Å². The van der Waals surface area contributed by atoms with E-state index in [1.165, 1.54) is 21.9 Å². The van der Waals surface area contributed by atoms with Crippen molar-refractivity contribution in [2.24, 2.45) is 0 Å². The summed E-state index contributed by atoms with van der Waals surface area (Å²) in [5, 5.41) is 11.1. The quantitative estimate of drug-likeness (QED) is 0.670. The van der Waals surface area contributed by atoms with Crippen LogP contribution in [0.1, 0.15) is 40.0 Å². The Morgan fingerprint density at radius 2 is 2.06 bits per heavy atom. The van der Waals surface area contributed by atoms with E-state index in [4.69, 9.17) is 16.3 Å². The second kappa shape index (κ2) is 9.26. The zero-order valence-electron chi connectivity index (χ0n) is 17.6. The van der Waals surface area contributed by atoms with Crippen molar-refractivity contribution in [3.63, 3.8) is 0 Å². The van der Waals surface area contributed by atoms with E-state index in [-0.39, 0.29) is 24.3 Å². The minimum atomic E-state index is -0.840. The largest absolute Gasteiger partial charge is 0.444 e. The van der Waals surface area contributed by atoms with Gasteiger partial charge in [-0.3, -0.25) is 14.2 Å². The van der Waals surface area contributed by atoms with E-state index in [0.29, 0.717) is 39.8 Å². The molecule has 0 aliphatic carbocycles. The molecule has 3 rings (SSSR count). The van der Waals surface area contributed by atoms with E-state index in [2.05, 4.69) is 20.9 Å². The molecule has 0 spiro atoms. The number of aliphatic hydroxyl groups excluding tert-OH is 1. The van der Waals surface area contributed by atoms with E-state index in [1.54, 1.807) is 26.8 Å². The summed E-state index contributed by atoms with van der Waals surface area (Å²) in [6.45, 7) is 5.45. The van der Waals surface area contributed by atoms with E-state index < -0.39 is 23.8 Å². The number of halogens is 2. The first-order valence-electron chi connectivity index (χ1n) is 10.00. The van der Waals surface area contributed by atoms with Gasteiger partial charge in [0, 0.05) is 17.4 Å². The highest BCUT2D eigenvalue weighted by molar-refractivity contribution is 9.10. The maximum Gasteiger partial charge on any atom is 0.410 e. The van der Waals surface area contributed by atoms with Gasteiger partial charge in [0.05, 0.1) is 40.9 Å². The van der Waals surface area contributed by atoms with E-state index in [1.807, 2.05) is 0 Å². The molecule has 10 heteroatoms. The fraction of sp³-hybridized carbons (Fsp3) is 0.524. The second-order valence-electron chi connectivity index (χ2n) is 8.65. The lowest BCUT2D eigenvalue weighted by molar-refractivity contribution is -0.122.